The van der Waals surface area contributed by atoms with Crippen LogP contribution in [0.4, 0.5) is 4.79 Å². The van der Waals surface area contributed by atoms with Gasteiger partial charge in [-0.15, -0.1) is 0 Å². The van der Waals surface area contributed by atoms with Crippen molar-refractivity contribution in [3.05, 3.63) is 102 Å². The lowest BCUT2D eigenvalue weighted by molar-refractivity contribution is 0.0283. The van der Waals surface area contributed by atoms with Gasteiger partial charge in [-0.25, -0.2) is 13.2 Å². The lowest BCUT2D eigenvalue weighted by Gasteiger charge is -2.38. The molecule has 3 aromatic carbocycles. The van der Waals surface area contributed by atoms with Crippen LogP contribution in [0.25, 0.3) is 0 Å². The van der Waals surface area contributed by atoms with Crippen LogP contribution in [0, 0.1) is 0 Å². The maximum Gasteiger partial charge on any atom is 0.407 e. The molecule has 4 rings (SSSR count). The van der Waals surface area contributed by atoms with E-state index in [1.807, 2.05) is 60.7 Å². The highest BCUT2D eigenvalue weighted by molar-refractivity contribution is 7.89. The number of nitrogens with zero attached hydrogens (tertiary/aromatic N) is 2. The molecule has 2 N–H and O–H groups in total. The third-order valence-corrected chi connectivity index (χ3v) is 9.20. The van der Waals surface area contributed by atoms with Gasteiger partial charge in [0.15, 0.2) is 0 Å². The van der Waals surface area contributed by atoms with Crippen LogP contribution in [0.3, 0.4) is 0 Å². The minimum atomic E-state index is -3.90. The van der Waals surface area contributed by atoms with E-state index in [9.17, 15) is 23.4 Å². The lowest BCUT2D eigenvalue weighted by atomic mass is 9.94. The van der Waals surface area contributed by atoms with Gasteiger partial charge in [0, 0.05) is 19.1 Å². The summed E-state index contributed by atoms with van der Waals surface area (Å²) in [5, 5.41) is 21.9. The summed E-state index contributed by atoms with van der Waals surface area (Å²) >= 11 is 0. The number of benzene rings is 3. The molecule has 0 radical (unpaired) electrons. The van der Waals surface area contributed by atoms with Crippen LogP contribution < -0.4 is 0 Å². The van der Waals surface area contributed by atoms with Crippen molar-refractivity contribution in [2.24, 2.45) is 0 Å². The van der Waals surface area contributed by atoms with Crippen LogP contribution in [0.1, 0.15) is 43.2 Å². The van der Waals surface area contributed by atoms with Crippen LogP contribution in [-0.2, 0) is 23.0 Å². The topological polar surface area (TPSA) is 98.1 Å². The molecule has 0 aromatic heterocycles. The van der Waals surface area contributed by atoms with E-state index < -0.39 is 28.3 Å². The van der Waals surface area contributed by atoms with Gasteiger partial charge >= 0.3 is 6.09 Å². The van der Waals surface area contributed by atoms with Crippen LogP contribution in [0.15, 0.2) is 95.9 Å². The van der Waals surface area contributed by atoms with Gasteiger partial charge in [0.05, 0.1) is 17.0 Å². The summed E-state index contributed by atoms with van der Waals surface area (Å²) in [4.78, 5) is 13.9. The number of carbonyl (C=O) groups is 1. The molecule has 202 valence electrons. The molecule has 0 heterocycles. The third kappa shape index (κ3) is 7.01. The minimum absolute atomic E-state index is 0.0829. The molecule has 1 saturated carbocycles. The molecule has 0 saturated heterocycles. The molecule has 1 aliphatic carbocycles. The third-order valence-electron chi connectivity index (χ3n) is 7.27. The normalized spacial score (nSPS) is 16.2. The highest BCUT2D eigenvalue weighted by Gasteiger charge is 2.38. The van der Waals surface area contributed by atoms with Crippen molar-refractivity contribution in [1.29, 1.82) is 0 Å². The molecule has 1 aliphatic rings. The number of aliphatic hydroxyl groups is 1. The number of carboxylic acid groups (broad SMARTS) is 1. The Labute approximate surface area is 225 Å². The van der Waals surface area contributed by atoms with E-state index in [1.165, 1.54) is 9.21 Å². The molecule has 7 nitrogen and oxygen atoms in total. The Morgan fingerprint density at radius 1 is 0.816 bits per heavy atom. The number of sulfonamides is 1. The average molecular weight is 537 g/mol. The Morgan fingerprint density at radius 3 is 1.89 bits per heavy atom. The summed E-state index contributed by atoms with van der Waals surface area (Å²) in [6, 6.07) is 25.8. The second-order valence-electron chi connectivity index (χ2n) is 9.90. The van der Waals surface area contributed by atoms with E-state index in [4.69, 9.17) is 0 Å². The second-order valence-corrected chi connectivity index (χ2v) is 11.8. The van der Waals surface area contributed by atoms with E-state index in [-0.39, 0.29) is 30.4 Å². The molecule has 3 aromatic rings. The summed E-state index contributed by atoms with van der Waals surface area (Å²) in [6.07, 6.45) is 2.18. The van der Waals surface area contributed by atoms with Crippen molar-refractivity contribution in [3.63, 3.8) is 0 Å². The zero-order valence-electron chi connectivity index (χ0n) is 21.5. The van der Waals surface area contributed by atoms with Gasteiger partial charge < -0.3 is 10.2 Å². The first-order valence-corrected chi connectivity index (χ1v) is 14.6. The number of hydrogen-bond donors (Lipinski definition) is 2. The van der Waals surface area contributed by atoms with E-state index in [2.05, 4.69) is 0 Å². The van der Waals surface area contributed by atoms with Gasteiger partial charge in [-0.05, 0) is 42.5 Å². The molecule has 2 atom stereocenters. The van der Waals surface area contributed by atoms with Gasteiger partial charge in [-0.3, -0.25) is 4.90 Å². The quantitative estimate of drug-likeness (QED) is 0.353. The van der Waals surface area contributed by atoms with Crippen LogP contribution in [0.2, 0.25) is 0 Å². The monoisotopic (exact) mass is 536 g/mol. The van der Waals surface area contributed by atoms with Gasteiger partial charge in [0.25, 0.3) is 0 Å². The number of amides is 1. The zero-order chi connectivity index (χ0) is 27.0. The Hall–Kier alpha value is -3.20. The minimum Gasteiger partial charge on any atom is -0.465 e. The fraction of sp³-hybridized carbons (Fsp3) is 0.367. The zero-order valence-corrected chi connectivity index (χ0v) is 22.3. The van der Waals surface area contributed by atoms with Crippen LogP contribution in [-0.4, -0.2) is 58.7 Å². The summed E-state index contributed by atoms with van der Waals surface area (Å²) in [5.41, 5.74) is 1.66. The van der Waals surface area contributed by atoms with Crippen LogP contribution >= 0.6 is 0 Å². The van der Waals surface area contributed by atoms with Crippen LogP contribution in [0.5, 0.6) is 0 Å². The highest BCUT2D eigenvalue weighted by Crippen LogP contribution is 2.29. The number of aliphatic hydroxyl groups excluding tert-OH is 1. The summed E-state index contributed by atoms with van der Waals surface area (Å²) in [6.45, 7) is -0.0996. The smallest absolute Gasteiger partial charge is 0.407 e. The molecule has 1 fully saturated rings. The fourth-order valence-electron chi connectivity index (χ4n) is 5.26. The van der Waals surface area contributed by atoms with Gasteiger partial charge in [-0.2, -0.15) is 4.31 Å². The number of hydrogen-bond acceptors (Lipinski definition) is 4. The Morgan fingerprint density at radius 2 is 1.34 bits per heavy atom. The molecule has 38 heavy (non-hydrogen) atoms. The fourth-order valence-corrected chi connectivity index (χ4v) is 6.99. The molecule has 0 spiro atoms. The maximum absolute atomic E-state index is 13.8. The predicted molar refractivity (Wildman–Crippen MR) is 147 cm³/mol. The second kappa shape index (κ2) is 13.0. The molecular formula is C30H36N2O5S. The molecular weight excluding hydrogens is 500 g/mol. The molecule has 1 amide bonds. The van der Waals surface area contributed by atoms with Crippen molar-refractivity contribution in [2.45, 2.75) is 68.2 Å². The standard InChI is InChI=1S/C30H36N2O5S/c33-29(23-32(26-17-9-3-10-18-26)38(36,37)27-19-11-4-12-20-27)28(21-24-13-5-1-6-14-24)31(30(34)35)22-25-15-7-2-8-16-25/h1-2,4-8,11-16,19-20,26,28-29,33H,3,9-10,17-18,21-23H2,(H,34,35)/t28?,29-/m1/s1. The summed E-state index contributed by atoms with van der Waals surface area (Å²) < 4.78 is 29.1. The summed E-state index contributed by atoms with van der Waals surface area (Å²) in [7, 11) is -3.90. The van der Waals surface area contributed by atoms with Crippen molar-refractivity contribution in [2.75, 3.05) is 6.54 Å². The van der Waals surface area contributed by atoms with Crippen molar-refractivity contribution in [3.8, 4) is 0 Å². The lowest BCUT2D eigenvalue weighted by Crippen LogP contribution is -2.54. The Kier molecular flexibility index (Phi) is 9.55. The molecule has 0 aliphatic heterocycles. The van der Waals surface area contributed by atoms with Gasteiger partial charge in [0.1, 0.15) is 0 Å². The van der Waals surface area contributed by atoms with E-state index in [1.54, 1.807) is 30.3 Å². The Bertz CT molecular complexity index is 1250. The first kappa shape index (κ1) is 27.8. The average Bonchev–Trinajstić information content (AvgIpc) is 2.95. The van der Waals surface area contributed by atoms with E-state index in [0.29, 0.717) is 0 Å². The maximum atomic E-state index is 13.8. The molecule has 1 unspecified atom stereocenters. The molecule has 8 heteroatoms. The highest BCUT2D eigenvalue weighted by atomic mass is 32.2. The number of rotatable bonds is 11. The van der Waals surface area contributed by atoms with Crippen molar-refractivity contribution >= 4 is 16.1 Å². The van der Waals surface area contributed by atoms with Crippen molar-refractivity contribution in [1.82, 2.24) is 9.21 Å². The SMILES string of the molecule is O=C(O)N(Cc1ccccc1)C(Cc1ccccc1)[C@H](O)CN(C1CCCCC1)S(=O)(=O)c1ccccc1. The van der Waals surface area contributed by atoms with Gasteiger partial charge in [-0.1, -0.05) is 98.1 Å². The first-order valence-electron chi connectivity index (χ1n) is 13.2. The van der Waals surface area contributed by atoms with E-state index >= 15 is 0 Å². The van der Waals surface area contributed by atoms with E-state index in [0.717, 1.165) is 43.2 Å². The predicted octanol–water partition coefficient (Wildman–Crippen LogP) is 5.16. The molecule has 0 bridgehead atoms. The van der Waals surface area contributed by atoms with Gasteiger partial charge in [0.2, 0.25) is 10.0 Å². The first-order chi connectivity index (χ1) is 18.4. The summed E-state index contributed by atoms with van der Waals surface area (Å²) in [5.74, 6) is 0. The van der Waals surface area contributed by atoms with Crippen molar-refractivity contribution < 1.29 is 23.4 Å². The Balaban J connectivity index is 1.68. The largest absolute Gasteiger partial charge is 0.465 e.